The number of carbonyl (C=O) groups is 1. The van der Waals surface area contributed by atoms with Crippen LogP contribution in [0, 0.1) is 13.8 Å². The molecule has 174 valence electrons. The number of ether oxygens (including phenoxy) is 2. The highest BCUT2D eigenvalue weighted by Crippen LogP contribution is 2.25. The van der Waals surface area contributed by atoms with Gasteiger partial charge in [0.15, 0.2) is 0 Å². The van der Waals surface area contributed by atoms with E-state index in [4.69, 9.17) is 32.7 Å². The Morgan fingerprint density at radius 3 is 2.58 bits per heavy atom. The fraction of sp³-hybridized carbons (Fsp3) is 0.280. The lowest BCUT2D eigenvalue weighted by Crippen LogP contribution is -2.23. The Balaban J connectivity index is 1.51. The standard InChI is InChI=1S/C25H27Cl2N3O3/c1-17-5-9-21(10-6-17)33-16-20-15-19(7-11-22(20)32-3)8-12-23(31)28-13-4-14-30-25(27)24(26)18(2)29-30/h5-12,15H,4,13-14,16H2,1-3H3,(H,28,31)/b12-8+. The van der Waals surface area contributed by atoms with Crippen LogP contribution in [-0.4, -0.2) is 29.3 Å². The normalized spacial score (nSPS) is 11.1. The Hall–Kier alpha value is -2.96. The molecule has 6 nitrogen and oxygen atoms in total. The van der Waals surface area contributed by atoms with Crippen LogP contribution in [0.4, 0.5) is 0 Å². The van der Waals surface area contributed by atoms with Gasteiger partial charge in [-0.25, -0.2) is 0 Å². The summed E-state index contributed by atoms with van der Waals surface area (Å²) < 4.78 is 13.0. The van der Waals surface area contributed by atoms with Gasteiger partial charge in [0.2, 0.25) is 5.91 Å². The molecule has 0 fully saturated rings. The highest BCUT2D eigenvalue weighted by Gasteiger charge is 2.10. The summed E-state index contributed by atoms with van der Waals surface area (Å²) in [7, 11) is 1.62. The molecule has 0 bridgehead atoms. The molecule has 3 rings (SSSR count). The van der Waals surface area contributed by atoms with Gasteiger partial charge in [0.1, 0.15) is 28.3 Å². The number of nitrogens with one attached hydrogen (secondary N) is 1. The lowest BCUT2D eigenvalue weighted by Gasteiger charge is -2.11. The Bertz CT molecular complexity index is 1120. The summed E-state index contributed by atoms with van der Waals surface area (Å²) in [5.41, 5.74) is 3.64. The molecule has 0 saturated carbocycles. The van der Waals surface area contributed by atoms with Crippen LogP contribution in [0.5, 0.6) is 11.5 Å². The van der Waals surface area contributed by atoms with E-state index in [-0.39, 0.29) is 5.91 Å². The maximum Gasteiger partial charge on any atom is 0.244 e. The largest absolute Gasteiger partial charge is 0.496 e. The summed E-state index contributed by atoms with van der Waals surface area (Å²) in [5, 5.41) is 8.01. The number of halogens is 2. The van der Waals surface area contributed by atoms with Gasteiger partial charge < -0.3 is 14.8 Å². The number of aryl methyl sites for hydroxylation is 3. The van der Waals surface area contributed by atoms with Crippen molar-refractivity contribution >= 4 is 35.2 Å². The van der Waals surface area contributed by atoms with E-state index in [1.807, 2.05) is 49.4 Å². The van der Waals surface area contributed by atoms with Crippen molar-refractivity contribution in [2.24, 2.45) is 0 Å². The fourth-order valence-corrected chi connectivity index (χ4v) is 3.56. The van der Waals surface area contributed by atoms with Crippen LogP contribution in [0.3, 0.4) is 0 Å². The number of methoxy groups -OCH3 is 1. The third kappa shape index (κ3) is 7.01. The van der Waals surface area contributed by atoms with Crippen LogP contribution in [-0.2, 0) is 17.9 Å². The molecular weight excluding hydrogens is 461 g/mol. The second kappa shape index (κ2) is 11.8. The molecule has 0 aliphatic rings. The number of benzene rings is 2. The van der Waals surface area contributed by atoms with Gasteiger partial charge in [-0.15, -0.1) is 0 Å². The zero-order valence-corrected chi connectivity index (χ0v) is 20.4. The first-order valence-electron chi connectivity index (χ1n) is 10.6. The minimum absolute atomic E-state index is 0.177. The van der Waals surface area contributed by atoms with Crippen molar-refractivity contribution in [2.45, 2.75) is 33.4 Å². The summed E-state index contributed by atoms with van der Waals surface area (Å²) in [6, 6.07) is 13.6. The molecule has 1 aromatic heterocycles. The fourth-order valence-electron chi connectivity index (χ4n) is 3.16. The second-order valence-electron chi connectivity index (χ2n) is 7.56. The van der Waals surface area contributed by atoms with E-state index in [0.29, 0.717) is 42.0 Å². The van der Waals surface area contributed by atoms with Gasteiger partial charge in [-0.2, -0.15) is 5.10 Å². The second-order valence-corrected chi connectivity index (χ2v) is 8.30. The number of aromatic nitrogens is 2. The van der Waals surface area contributed by atoms with Crippen LogP contribution < -0.4 is 14.8 Å². The molecule has 33 heavy (non-hydrogen) atoms. The first-order chi connectivity index (χ1) is 15.9. The first-order valence-corrected chi connectivity index (χ1v) is 11.3. The van der Waals surface area contributed by atoms with Crippen molar-refractivity contribution in [3.05, 3.63) is 81.1 Å². The van der Waals surface area contributed by atoms with Crippen LogP contribution >= 0.6 is 23.2 Å². The zero-order valence-electron chi connectivity index (χ0n) is 18.9. The quantitative estimate of drug-likeness (QED) is 0.298. The van der Waals surface area contributed by atoms with Crippen LogP contribution in [0.15, 0.2) is 48.5 Å². The van der Waals surface area contributed by atoms with Gasteiger partial charge in [-0.1, -0.05) is 47.0 Å². The van der Waals surface area contributed by atoms with Crippen molar-refractivity contribution in [1.82, 2.24) is 15.1 Å². The minimum atomic E-state index is -0.177. The molecule has 0 aliphatic heterocycles. The number of amides is 1. The van der Waals surface area contributed by atoms with Gasteiger partial charge in [-0.3, -0.25) is 9.48 Å². The molecule has 1 heterocycles. The molecule has 1 N–H and O–H groups in total. The monoisotopic (exact) mass is 487 g/mol. The van der Waals surface area contributed by atoms with Gasteiger partial charge in [0, 0.05) is 24.7 Å². The Labute approximate surface area is 204 Å². The van der Waals surface area contributed by atoms with E-state index < -0.39 is 0 Å². The van der Waals surface area contributed by atoms with Gasteiger partial charge in [0.05, 0.1) is 12.8 Å². The minimum Gasteiger partial charge on any atom is -0.496 e. The maximum atomic E-state index is 12.2. The Kier molecular flexibility index (Phi) is 8.80. The molecule has 3 aromatic rings. The van der Waals surface area contributed by atoms with Gasteiger partial charge in [-0.05, 0) is 56.2 Å². The number of rotatable bonds is 10. The molecular formula is C25H27Cl2N3O3. The smallest absolute Gasteiger partial charge is 0.244 e. The predicted octanol–water partition coefficient (Wildman–Crippen LogP) is 5.61. The zero-order chi connectivity index (χ0) is 23.8. The van der Waals surface area contributed by atoms with E-state index in [0.717, 1.165) is 22.6 Å². The summed E-state index contributed by atoms with van der Waals surface area (Å²) in [5.74, 6) is 1.34. The number of carbonyl (C=O) groups excluding carboxylic acids is 1. The highest BCUT2D eigenvalue weighted by molar-refractivity contribution is 6.41. The molecule has 0 spiro atoms. The molecule has 0 saturated heterocycles. The topological polar surface area (TPSA) is 65.4 Å². The molecule has 0 unspecified atom stereocenters. The van der Waals surface area contributed by atoms with Crippen LogP contribution in [0.2, 0.25) is 10.2 Å². The molecule has 8 heteroatoms. The lowest BCUT2D eigenvalue weighted by atomic mass is 10.1. The van der Waals surface area contributed by atoms with E-state index in [9.17, 15) is 4.79 Å². The Morgan fingerprint density at radius 1 is 1.15 bits per heavy atom. The van der Waals surface area contributed by atoms with Gasteiger partial charge >= 0.3 is 0 Å². The lowest BCUT2D eigenvalue weighted by molar-refractivity contribution is -0.116. The third-order valence-electron chi connectivity index (χ3n) is 4.99. The van der Waals surface area contributed by atoms with Crippen molar-refractivity contribution in [3.8, 4) is 11.5 Å². The van der Waals surface area contributed by atoms with Crippen molar-refractivity contribution in [2.75, 3.05) is 13.7 Å². The van der Waals surface area contributed by atoms with E-state index in [2.05, 4.69) is 10.4 Å². The summed E-state index contributed by atoms with van der Waals surface area (Å²) >= 11 is 12.2. The molecule has 2 aromatic carbocycles. The summed E-state index contributed by atoms with van der Waals surface area (Å²) in [6.45, 7) is 5.26. The van der Waals surface area contributed by atoms with E-state index in [1.54, 1.807) is 24.8 Å². The number of nitrogens with zero attached hydrogens (tertiary/aromatic N) is 2. The van der Waals surface area contributed by atoms with Crippen molar-refractivity contribution < 1.29 is 14.3 Å². The third-order valence-corrected chi connectivity index (χ3v) is 5.92. The highest BCUT2D eigenvalue weighted by atomic mass is 35.5. The molecule has 0 radical (unpaired) electrons. The first kappa shape index (κ1) is 24.7. The van der Waals surface area contributed by atoms with Crippen LogP contribution in [0.25, 0.3) is 6.08 Å². The van der Waals surface area contributed by atoms with Gasteiger partial charge in [0.25, 0.3) is 0 Å². The van der Waals surface area contributed by atoms with E-state index in [1.165, 1.54) is 11.6 Å². The van der Waals surface area contributed by atoms with E-state index >= 15 is 0 Å². The summed E-state index contributed by atoms with van der Waals surface area (Å²) in [6.07, 6.45) is 3.95. The van der Waals surface area contributed by atoms with Crippen molar-refractivity contribution in [1.29, 1.82) is 0 Å². The summed E-state index contributed by atoms with van der Waals surface area (Å²) in [4.78, 5) is 12.2. The average molecular weight is 488 g/mol. The molecule has 1 amide bonds. The van der Waals surface area contributed by atoms with Crippen molar-refractivity contribution in [3.63, 3.8) is 0 Å². The van der Waals surface area contributed by atoms with Crippen LogP contribution in [0.1, 0.15) is 28.8 Å². The SMILES string of the molecule is COc1ccc(/C=C/C(=O)NCCCn2nc(C)c(Cl)c2Cl)cc1COc1ccc(C)cc1. The average Bonchev–Trinajstić information content (AvgIpc) is 3.06. The molecule has 0 atom stereocenters. The predicted molar refractivity (Wildman–Crippen MR) is 132 cm³/mol. The maximum absolute atomic E-state index is 12.2. The number of hydrogen-bond donors (Lipinski definition) is 1. The molecule has 0 aliphatic carbocycles. The number of hydrogen-bond acceptors (Lipinski definition) is 4. The Morgan fingerprint density at radius 2 is 1.91 bits per heavy atom.